The normalized spacial score (nSPS) is 11.8. The second kappa shape index (κ2) is 9.17. The molecule has 2 amide bonds. The third-order valence-electron chi connectivity index (χ3n) is 2.96. The van der Waals surface area contributed by atoms with Gasteiger partial charge in [0.1, 0.15) is 0 Å². The fourth-order valence-electron chi connectivity index (χ4n) is 1.57. The molecular formula is C13H24N2O5. The summed E-state index contributed by atoms with van der Waals surface area (Å²) >= 11 is 0. The third kappa shape index (κ3) is 7.60. The number of methoxy groups -OCH3 is 1. The van der Waals surface area contributed by atoms with E-state index in [-0.39, 0.29) is 30.8 Å². The molecule has 0 saturated carbocycles. The van der Waals surface area contributed by atoms with Crippen LogP contribution in [0.4, 0.5) is 4.79 Å². The molecule has 0 aromatic rings. The van der Waals surface area contributed by atoms with Crippen LogP contribution in [0, 0.1) is 5.92 Å². The molecule has 0 bridgehead atoms. The summed E-state index contributed by atoms with van der Waals surface area (Å²) in [6.45, 7) is 4.11. The predicted octanol–water partition coefficient (Wildman–Crippen LogP) is 1.08. The Morgan fingerprint density at radius 3 is 2.35 bits per heavy atom. The largest absolute Gasteiger partial charge is 0.481 e. The van der Waals surface area contributed by atoms with Crippen molar-refractivity contribution in [1.29, 1.82) is 0 Å². The van der Waals surface area contributed by atoms with Crippen LogP contribution in [0.3, 0.4) is 0 Å². The standard InChI is InChI=1S/C13H24N2O5/c1-9(2)10(8-11(16)17)14-13(19)15(3)7-5-6-12(18)20-4/h9-10H,5-8H2,1-4H3,(H,14,19)(H,16,17). The quantitative estimate of drug-likeness (QED) is 0.652. The summed E-state index contributed by atoms with van der Waals surface area (Å²) in [5, 5.41) is 11.5. The minimum Gasteiger partial charge on any atom is -0.481 e. The summed E-state index contributed by atoms with van der Waals surface area (Å²) in [4.78, 5) is 35.0. The minimum absolute atomic E-state index is 0.0264. The molecule has 1 unspecified atom stereocenters. The lowest BCUT2D eigenvalue weighted by Gasteiger charge is -2.25. The van der Waals surface area contributed by atoms with E-state index in [1.165, 1.54) is 12.0 Å². The maximum atomic E-state index is 11.9. The molecule has 1 atom stereocenters. The molecule has 0 heterocycles. The second-order valence-corrected chi connectivity index (χ2v) is 5.00. The third-order valence-corrected chi connectivity index (χ3v) is 2.96. The van der Waals surface area contributed by atoms with Gasteiger partial charge in [0.2, 0.25) is 0 Å². The number of carboxylic acid groups (broad SMARTS) is 1. The van der Waals surface area contributed by atoms with Gasteiger partial charge < -0.3 is 20.1 Å². The van der Waals surface area contributed by atoms with Gasteiger partial charge in [0.15, 0.2) is 0 Å². The summed E-state index contributed by atoms with van der Waals surface area (Å²) in [6.07, 6.45) is 0.637. The Morgan fingerprint density at radius 1 is 1.30 bits per heavy atom. The number of carbonyl (C=O) groups is 3. The van der Waals surface area contributed by atoms with Crippen molar-refractivity contribution in [1.82, 2.24) is 10.2 Å². The van der Waals surface area contributed by atoms with E-state index in [0.717, 1.165) is 0 Å². The molecule has 0 spiro atoms. The zero-order chi connectivity index (χ0) is 15.7. The van der Waals surface area contributed by atoms with Crippen LogP contribution in [-0.4, -0.2) is 54.7 Å². The molecule has 0 fully saturated rings. The highest BCUT2D eigenvalue weighted by atomic mass is 16.5. The average molecular weight is 288 g/mol. The maximum Gasteiger partial charge on any atom is 0.317 e. The van der Waals surface area contributed by atoms with Gasteiger partial charge in [-0.05, 0) is 12.3 Å². The lowest BCUT2D eigenvalue weighted by atomic mass is 10.0. The molecule has 7 heteroatoms. The topological polar surface area (TPSA) is 95.9 Å². The molecule has 0 saturated heterocycles. The van der Waals surface area contributed by atoms with Crippen molar-refractivity contribution in [3.05, 3.63) is 0 Å². The van der Waals surface area contributed by atoms with Crippen LogP contribution < -0.4 is 5.32 Å². The predicted molar refractivity (Wildman–Crippen MR) is 73.3 cm³/mol. The van der Waals surface area contributed by atoms with Gasteiger partial charge in [0, 0.05) is 26.1 Å². The fourth-order valence-corrected chi connectivity index (χ4v) is 1.57. The van der Waals surface area contributed by atoms with Crippen LogP contribution in [-0.2, 0) is 14.3 Å². The van der Waals surface area contributed by atoms with E-state index in [1.807, 2.05) is 13.8 Å². The maximum absolute atomic E-state index is 11.9. The molecule has 0 aliphatic heterocycles. The molecule has 2 N–H and O–H groups in total. The van der Waals surface area contributed by atoms with Gasteiger partial charge in [-0.3, -0.25) is 9.59 Å². The Bertz CT molecular complexity index is 344. The van der Waals surface area contributed by atoms with Gasteiger partial charge in [-0.15, -0.1) is 0 Å². The number of hydrogen-bond acceptors (Lipinski definition) is 4. The Hall–Kier alpha value is -1.79. The number of nitrogens with zero attached hydrogens (tertiary/aromatic N) is 1. The van der Waals surface area contributed by atoms with E-state index in [4.69, 9.17) is 5.11 Å². The van der Waals surface area contributed by atoms with E-state index in [2.05, 4.69) is 10.1 Å². The Kier molecular flexibility index (Phi) is 8.35. The molecule has 0 radical (unpaired) electrons. The number of carbonyl (C=O) groups excluding carboxylic acids is 2. The second-order valence-electron chi connectivity index (χ2n) is 5.00. The molecule has 0 aliphatic rings. The van der Waals surface area contributed by atoms with Crippen molar-refractivity contribution in [2.24, 2.45) is 5.92 Å². The highest BCUT2D eigenvalue weighted by Crippen LogP contribution is 2.07. The average Bonchev–Trinajstić information content (AvgIpc) is 2.36. The number of rotatable bonds is 8. The Morgan fingerprint density at radius 2 is 1.90 bits per heavy atom. The van der Waals surface area contributed by atoms with Crippen molar-refractivity contribution in [3.8, 4) is 0 Å². The van der Waals surface area contributed by atoms with E-state index in [1.54, 1.807) is 7.05 Å². The summed E-state index contributed by atoms with van der Waals surface area (Å²) in [5.41, 5.74) is 0. The van der Waals surface area contributed by atoms with E-state index < -0.39 is 12.0 Å². The van der Waals surface area contributed by atoms with Gasteiger partial charge in [0.25, 0.3) is 0 Å². The summed E-state index contributed by atoms with van der Waals surface area (Å²) in [6, 6.07) is -0.752. The number of aliphatic carboxylic acids is 1. The number of urea groups is 1. The van der Waals surface area contributed by atoms with Crippen LogP contribution in [0.2, 0.25) is 0 Å². The highest BCUT2D eigenvalue weighted by molar-refractivity contribution is 5.76. The number of amides is 2. The monoisotopic (exact) mass is 288 g/mol. The Labute approximate surface area is 119 Å². The number of carboxylic acids is 1. The SMILES string of the molecule is COC(=O)CCCN(C)C(=O)NC(CC(=O)O)C(C)C. The van der Waals surface area contributed by atoms with Crippen LogP contribution in [0.25, 0.3) is 0 Å². The van der Waals surface area contributed by atoms with Gasteiger partial charge in [-0.2, -0.15) is 0 Å². The lowest BCUT2D eigenvalue weighted by molar-refractivity contribution is -0.141. The number of nitrogens with one attached hydrogen (secondary N) is 1. The van der Waals surface area contributed by atoms with Crippen LogP contribution >= 0.6 is 0 Å². The molecular weight excluding hydrogens is 264 g/mol. The molecule has 116 valence electrons. The van der Waals surface area contributed by atoms with Gasteiger partial charge in [-0.1, -0.05) is 13.8 Å². The lowest BCUT2D eigenvalue weighted by Crippen LogP contribution is -2.46. The van der Waals surface area contributed by atoms with Crippen molar-refractivity contribution in [3.63, 3.8) is 0 Å². The van der Waals surface area contributed by atoms with Crippen LogP contribution in [0.15, 0.2) is 0 Å². The molecule has 7 nitrogen and oxygen atoms in total. The minimum atomic E-state index is -0.947. The van der Waals surface area contributed by atoms with Crippen molar-refractivity contribution < 1.29 is 24.2 Å². The Balaban J connectivity index is 4.21. The van der Waals surface area contributed by atoms with Gasteiger partial charge in [-0.25, -0.2) is 4.79 Å². The number of ether oxygens (including phenoxy) is 1. The van der Waals surface area contributed by atoms with Crippen molar-refractivity contribution in [2.75, 3.05) is 20.7 Å². The number of hydrogen-bond donors (Lipinski definition) is 2. The first kappa shape index (κ1) is 18.2. The van der Waals surface area contributed by atoms with Gasteiger partial charge >= 0.3 is 18.0 Å². The van der Waals surface area contributed by atoms with Gasteiger partial charge in [0.05, 0.1) is 13.5 Å². The molecule has 0 aromatic carbocycles. The van der Waals surface area contributed by atoms with Crippen LogP contribution in [0.5, 0.6) is 0 Å². The van der Waals surface area contributed by atoms with E-state index >= 15 is 0 Å². The number of esters is 1. The fraction of sp³-hybridized carbons (Fsp3) is 0.769. The summed E-state index contributed by atoms with van der Waals surface area (Å²) < 4.78 is 4.51. The summed E-state index contributed by atoms with van der Waals surface area (Å²) in [5.74, 6) is -1.24. The van der Waals surface area contributed by atoms with E-state index in [0.29, 0.717) is 13.0 Å². The smallest absolute Gasteiger partial charge is 0.317 e. The van der Waals surface area contributed by atoms with E-state index in [9.17, 15) is 14.4 Å². The molecule has 20 heavy (non-hydrogen) atoms. The first-order valence-electron chi connectivity index (χ1n) is 6.58. The molecule has 0 rings (SSSR count). The highest BCUT2D eigenvalue weighted by Gasteiger charge is 2.21. The summed E-state index contributed by atoms with van der Waals surface area (Å²) in [7, 11) is 2.92. The first-order valence-corrected chi connectivity index (χ1v) is 6.58. The van der Waals surface area contributed by atoms with Crippen molar-refractivity contribution >= 4 is 18.0 Å². The zero-order valence-corrected chi connectivity index (χ0v) is 12.5. The van der Waals surface area contributed by atoms with Crippen molar-refractivity contribution in [2.45, 2.75) is 39.2 Å². The molecule has 0 aromatic heterocycles. The first-order chi connectivity index (χ1) is 9.27. The molecule has 0 aliphatic carbocycles. The zero-order valence-electron chi connectivity index (χ0n) is 12.5. The van der Waals surface area contributed by atoms with Crippen LogP contribution in [0.1, 0.15) is 33.1 Å².